The van der Waals surface area contributed by atoms with E-state index in [9.17, 15) is 14.7 Å². The third kappa shape index (κ3) is 6.90. The molecule has 1 fully saturated rings. The minimum atomic E-state index is -0.403. The third-order valence-corrected chi connectivity index (χ3v) is 7.48. The van der Waals surface area contributed by atoms with Crippen LogP contribution in [0.1, 0.15) is 67.6 Å². The second-order valence-electron chi connectivity index (χ2n) is 10.6. The first kappa shape index (κ1) is 27.6. The molecule has 0 bridgehead atoms. The topological polar surface area (TPSA) is 95.9 Å². The first-order valence-electron chi connectivity index (χ1n) is 13.6. The average molecular weight is 519 g/mol. The predicted molar refractivity (Wildman–Crippen MR) is 144 cm³/mol. The minimum Gasteiger partial charge on any atom is -0.472 e. The van der Waals surface area contributed by atoms with Crippen molar-refractivity contribution in [3.05, 3.63) is 53.5 Å². The van der Waals surface area contributed by atoms with E-state index in [4.69, 9.17) is 4.74 Å². The van der Waals surface area contributed by atoms with E-state index >= 15 is 0 Å². The molecule has 2 aromatic rings. The Morgan fingerprint density at radius 1 is 1.26 bits per heavy atom. The Bertz CT molecular complexity index is 1170. The standard InChI is InChI=1S/C30H38N4O4/c1-21-18-34(22(2)20-35)30(37)26-15-24(13-12-23-9-5-4-6-10-23)17-32-29(26)38-27(21)19-33(3)28(36)16-25-11-7-8-14-31-25/h7-8,11,14-15,17,21-23,27,35H,4-6,9-10,16,18-20H2,1-3H3/t21-,22+,27+/m1/s1. The van der Waals surface area contributed by atoms with Crippen molar-refractivity contribution in [2.75, 3.05) is 26.7 Å². The fourth-order valence-corrected chi connectivity index (χ4v) is 4.99. The highest BCUT2D eigenvalue weighted by molar-refractivity contribution is 5.97. The number of pyridine rings is 2. The molecule has 1 N–H and O–H groups in total. The highest BCUT2D eigenvalue weighted by Crippen LogP contribution is 2.28. The normalized spacial score (nSPS) is 20.7. The van der Waals surface area contributed by atoms with Gasteiger partial charge in [0, 0.05) is 49.1 Å². The number of carbonyl (C=O) groups excluding carboxylic acids is 2. The monoisotopic (exact) mass is 518 g/mol. The van der Waals surface area contributed by atoms with Gasteiger partial charge in [-0.1, -0.05) is 44.1 Å². The number of amides is 2. The molecule has 1 aliphatic carbocycles. The number of aliphatic hydroxyl groups excluding tert-OH is 1. The number of aliphatic hydroxyl groups is 1. The molecule has 0 spiro atoms. The minimum absolute atomic E-state index is 0.0697. The number of hydrogen-bond donors (Lipinski definition) is 1. The zero-order chi connectivity index (χ0) is 27.1. The molecule has 2 aliphatic rings. The van der Waals surface area contributed by atoms with Crippen molar-refractivity contribution in [3.63, 3.8) is 0 Å². The molecule has 2 amide bonds. The molecule has 8 heteroatoms. The van der Waals surface area contributed by atoms with Crippen LogP contribution in [0.3, 0.4) is 0 Å². The summed E-state index contributed by atoms with van der Waals surface area (Å²) in [6.07, 6.45) is 9.03. The van der Waals surface area contributed by atoms with Crippen molar-refractivity contribution in [1.29, 1.82) is 0 Å². The van der Waals surface area contributed by atoms with E-state index in [1.807, 2.05) is 32.0 Å². The van der Waals surface area contributed by atoms with Crippen molar-refractivity contribution in [3.8, 4) is 17.7 Å². The lowest BCUT2D eigenvalue weighted by Gasteiger charge is -2.37. The Morgan fingerprint density at radius 2 is 2.05 bits per heavy atom. The van der Waals surface area contributed by atoms with Gasteiger partial charge >= 0.3 is 0 Å². The Balaban J connectivity index is 1.57. The molecule has 202 valence electrons. The second-order valence-corrected chi connectivity index (χ2v) is 10.6. The van der Waals surface area contributed by atoms with Crippen LogP contribution in [-0.4, -0.2) is 75.6 Å². The van der Waals surface area contributed by atoms with Crippen LogP contribution in [0.5, 0.6) is 5.88 Å². The summed E-state index contributed by atoms with van der Waals surface area (Å²) in [6, 6.07) is 6.88. The number of rotatable bonds is 6. The third-order valence-electron chi connectivity index (χ3n) is 7.48. The Morgan fingerprint density at radius 3 is 2.76 bits per heavy atom. The van der Waals surface area contributed by atoms with Gasteiger partial charge in [0.25, 0.3) is 5.91 Å². The van der Waals surface area contributed by atoms with Crippen molar-refractivity contribution in [2.45, 2.75) is 64.5 Å². The van der Waals surface area contributed by atoms with Crippen molar-refractivity contribution < 1.29 is 19.4 Å². The van der Waals surface area contributed by atoms with Gasteiger partial charge in [0.05, 0.1) is 25.6 Å². The van der Waals surface area contributed by atoms with Crippen LogP contribution in [0.4, 0.5) is 0 Å². The molecule has 3 heterocycles. The number of ether oxygens (including phenoxy) is 1. The summed E-state index contributed by atoms with van der Waals surface area (Å²) in [4.78, 5) is 38.6. The lowest BCUT2D eigenvalue weighted by Crippen LogP contribution is -2.50. The molecule has 8 nitrogen and oxygen atoms in total. The van der Waals surface area contributed by atoms with E-state index in [1.54, 1.807) is 35.3 Å². The van der Waals surface area contributed by atoms with Gasteiger partial charge in [0.15, 0.2) is 0 Å². The molecule has 2 aromatic heterocycles. The smallest absolute Gasteiger partial charge is 0.259 e. The molecular formula is C30H38N4O4. The van der Waals surface area contributed by atoms with E-state index in [2.05, 4.69) is 21.8 Å². The number of hydrogen-bond acceptors (Lipinski definition) is 6. The fraction of sp³-hybridized carbons (Fsp3) is 0.533. The van der Waals surface area contributed by atoms with Crippen LogP contribution in [0.15, 0.2) is 36.7 Å². The van der Waals surface area contributed by atoms with Crippen molar-refractivity contribution >= 4 is 11.8 Å². The molecule has 4 rings (SSSR count). The molecule has 1 aliphatic heterocycles. The summed E-state index contributed by atoms with van der Waals surface area (Å²) in [7, 11) is 1.75. The Labute approximate surface area is 225 Å². The van der Waals surface area contributed by atoms with Crippen molar-refractivity contribution in [1.82, 2.24) is 19.8 Å². The first-order chi connectivity index (χ1) is 18.4. The fourth-order valence-electron chi connectivity index (χ4n) is 4.99. The molecular weight excluding hydrogens is 480 g/mol. The quantitative estimate of drug-likeness (QED) is 0.590. The van der Waals surface area contributed by atoms with Gasteiger partial charge in [-0.3, -0.25) is 14.6 Å². The number of likely N-dealkylation sites (N-methyl/N-ethyl adjacent to an activating group) is 1. The number of carbonyl (C=O) groups is 2. The Hall–Kier alpha value is -3.44. The van der Waals surface area contributed by atoms with Crippen LogP contribution in [0, 0.1) is 23.7 Å². The molecule has 0 radical (unpaired) electrons. The van der Waals surface area contributed by atoms with E-state index in [0.29, 0.717) is 35.8 Å². The van der Waals surface area contributed by atoms with Gasteiger partial charge < -0.3 is 19.6 Å². The summed E-state index contributed by atoms with van der Waals surface area (Å²) in [5.74, 6) is 6.78. The summed E-state index contributed by atoms with van der Waals surface area (Å²) in [6.45, 7) is 4.36. The van der Waals surface area contributed by atoms with Gasteiger partial charge in [-0.05, 0) is 38.0 Å². The zero-order valence-electron chi connectivity index (χ0n) is 22.6. The van der Waals surface area contributed by atoms with Gasteiger partial charge in [0.1, 0.15) is 11.7 Å². The summed E-state index contributed by atoms with van der Waals surface area (Å²) in [5.41, 5.74) is 1.72. The lowest BCUT2D eigenvalue weighted by molar-refractivity contribution is -0.130. The van der Waals surface area contributed by atoms with Crippen LogP contribution < -0.4 is 4.74 Å². The maximum Gasteiger partial charge on any atom is 0.259 e. The van der Waals surface area contributed by atoms with Crippen LogP contribution in [0.2, 0.25) is 0 Å². The maximum absolute atomic E-state index is 13.6. The van der Waals surface area contributed by atoms with Gasteiger partial charge in [0.2, 0.25) is 11.8 Å². The van der Waals surface area contributed by atoms with E-state index < -0.39 is 6.10 Å². The summed E-state index contributed by atoms with van der Waals surface area (Å²) in [5, 5.41) is 9.89. The van der Waals surface area contributed by atoms with E-state index in [0.717, 1.165) is 12.8 Å². The second kappa shape index (κ2) is 12.9. The first-order valence-corrected chi connectivity index (χ1v) is 13.6. The number of fused-ring (bicyclic) bond motifs is 1. The van der Waals surface area contributed by atoms with Crippen molar-refractivity contribution in [2.24, 2.45) is 11.8 Å². The molecule has 1 saturated carbocycles. The lowest BCUT2D eigenvalue weighted by atomic mass is 9.90. The summed E-state index contributed by atoms with van der Waals surface area (Å²) < 4.78 is 6.32. The molecule has 38 heavy (non-hydrogen) atoms. The van der Waals surface area contributed by atoms with Crippen LogP contribution in [0.25, 0.3) is 0 Å². The van der Waals surface area contributed by atoms with Crippen LogP contribution >= 0.6 is 0 Å². The van der Waals surface area contributed by atoms with E-state index in [-0.39, 0.29) is 42.7 Å². The highest BCUT2D eigenvalue weighted by Gasteiger charge is 2.34. The predicted octanol–water partition coefficient (Wildman–Crippen LogP) is 3.33. The number of nitrogens with zero attached hydrogens (tertiary/aromatic N) is 4. The molecule has 0 saturated heterocycles. The summed E-state index contributed by atoms with van der Waals surface area (Å²) >= 11 is 0. The largest absolute Gasteiger partial charge is 0.472 e. The Kier molecular flexibility index (Phi) is 9.35. The molecule has 0 aromatic carbocycles. The number of aromatic nitrogens is 2. The van der Waals surface area contributed by atoms with Gasteiger partial charge in [-0.15, -0.1) is 0 Å². The highest BCUT2D eigenvalue weighted by atomic mass is 16.5. The van der Waals surface area contributed by atoms with Gasteiger partial charge in [-0.2, -0.15) is 0 Å². The average Bonchev–Trinajstić information content (AvgIpc) is 2.94. The van der Waals surface area contributed by atoms with Crippen LogP contribution in [-0.2, 0) is 11.2 Å². The zero-order valence-corrected chi connectivity index (χ0v) is 22.6. The molecule has 3 atom stereocenters. The molecule has 0 unspecified atom stereocenters. The maximum atomic E-state index is 13.6. The van der Waals surface area contributed by atoms with E-state index in [1.165, 1.54) is 19.3 Å². The van der Waals surface area contributed by atoms with Gasteiger partial charge in [-0.25, -0.2) is 4.98 Å². The SMILES string of the molecule is C[C@@H]1CN([C@@H](C)CO)C(=O)c2cc(C#CC3CCCCC3)cnc2O[C@H]1CN(C)C(=O)Cc1ccccn1.